The van der Waals surface area contributed by atoms with E-state index >= 15 is 0 Å². The van der Waals surface area contributed by atoms with Crippen molar-refractivity contribution in [2.75, 3.05) is 6.54 Å². The molecule has 2 N–H and O–H groups in total. The van der Waals surface area contributed by atoms with Crippen molar-refractivity contribution in [3.05, 3.63) is 69.0 Å². The molecule has 2 aromatic heterocycles. The Balaban J connectivity index is 1.35. The molecule has 1 aromatic carbocycles. The number of rotatable bonds is 6. The van der Waals surface area contributed by atoms with Crippen LogP contribution in [0.1, 0.15) is 29.3 Å². The van der Waals surface area contributed by atoms with Gasteiger partial charge in [-0.15, -0.1) is 0 Å². The van der Waals surface area contributed by atoms with Crippen molar-refractivity contribution < 1.29 is 13.6 Å². The second-order valence-electron chi connectivity index (χ2n) is 7.81. The molecule has 1 fully saturated rings. The Kier molecular flexibility index (Phi) is 4.55. The van der Waals surface area contributed by atoms with Gasteiger partial charge >= 0.3 is 0 Å². The first kappa shape index (κ1) is 19.4. The van der Waals surface area contributed by atoms with Crippen LogP contribution >= 0.6 is 23.8 Å². The highest BCUT2D eigenvalue weighted by Crippen LogP contribution is 2.67. The first-order valence-electron chi connectivity index (χ1n) is 9.60. The lowest BCUT2D eigenvalue weighted by Crippen LogP contribution is -2.29. The summed E-state index contributed by atoms with van der Waals surface area (Å²) in [5.41, 5.74) is 0.889. The van der Waals surface area contributed by atoms with E-state index in [1.54, 1.807) is 10.9 Å². The molecule has 2 aliphatic rings. The quantitative estimate of drug-likeness (QED) is 0.447. The number of imidazole rings is 1. The summed E-state index contributed by atoms with van der Waals surface area (Å²) in [7, 11) is 0. The molecule has 156 valence electrons. The lowest BCUT2D eigenvalue weighted by atomic mass is 9.93. The van der Waals surface area contributed by atoms with Crippen LogP contribution in [0.25, 0.3) is 0 Å². The number of fused-ring (bicyclic) bond motifs is 3. The van der Waals surface area contributed by atoms with Crippen LogP contribution in [0, 0.1) is 16.4 Å². The van der Waals surface area contributed by atoms with Crippen LogP contribution in [0.2, 0.25) is 5.02 Å². The zero-order chi connectivity index (χ0) is 21.0. The number of aromatic amines is 1. The fourth-order valence-electron chi connectivity index (χ4n) is 4.65. The maximum Gasteiger partial charge on any atom is 0.226 e. The summed E-state index contributed by atoms with van der Waals surface area (Å²) >= 11 is 11.3. The molecule has 10 heteroatoms. The van der Waals surface area contributed by atoms with Gasteiger partial charge in [-0.05, 0) is 36.8 Å². The number of halogens is 3. The van der Waals surface area contributed by atoms with Crippen molar-refractivity contribution in [2.45, 2.75) is 37.3 Å². The Morgan fingerprint density at radius 3 is 3.03 bits per heavy atom. The van der Waals surface area contributed by atoms with E-state index in [1.165, 1.54) is 12.1 Å². The summed E-state index contributed by atoms with van der Waals surface area (Å²) < 4.78 is 33.3. The Morgan fingerprint density at radius 1 is 1.43 bits per heavy atom. The van der Waals surface area contributed by atoms with Gasteiger partial charge in [0.05, 0.1) is 18.0 Å². The van der Waals surface area contributed by atoms with Gasteiger partial charge in [0.25, 0.3) is 0 Å². The Morgan fingerprint density at radius 2 is 2.27 bits per heavy atom. The number of H-pyrrole nitrogens is 1. The predicted molar refractivity (Wildman–Crippen MR) is 109 cm³/mol. The maximum atomic E-state index is 14.7. The van der Waals surface area contributed by atoms with Crippen molar-refractivity contribution in [1.29, 1.82) is 0 Å². The normalized spacial score (nSPS) is 21.4. The van der Waals surface area contributed by atoms with E-state index in [-0.39, 0.29) is 28.8 Å². The van der Waals surface area contributed by atoms with Gasteiger partial charge in [0.15, 0.2) is 4.77 Å². The van der Waals surface area contributed by atoms with Crippen LogP contribution in [0.4, 0.5) is 8.78 Å². The van der Waals surface area contributed by atoms with Gasteiger partial charge in [-0.25, -0.2) is 8.78 Å². The summed E-state index contributed by atoms with van der Waals surface area (Å²) in [5.74, 6) is -1.56. The van der Waals surface area contributed by atoms with Crippen molar-refractivity contribution >= 4 is 29.7 Å². The summed E-state index contributed by atoms with van der Waals surface area (Å²) in [5, 5.41) is 6.86. The lowest BCUT2D eigenvalue weighted by Gasteiger charge is -2.16. The van der Waals surface area contributed by atoms with Crippen LogP contribution < -0.4 is 5.32 Å². The largest absolute Gasteiger partial charge is 0.354 e. The summed E-state index contributed by atoms with van der Waals surface area (Å²) in [6, 6.07) is 4.25. The lowest BCUT2D eigenvalue weighted by molar-refractivity contribution is -0.120. The third-order valence-electron chi connectivity index (χ3n) is 6.05. The molecule has 1 aliphatic heterocycles. The third kappa shape index (κ3) is 2.99. The van der Waals surface area contributed by atoms with Crippen molar-refractivity contribution in [3.63, 3.8) is 0 Å². The second kappa shape index (κ2) is 7.02. The zero-order valence-electron chi connectivity index (χ0n) is 15.8. The highest BCUT2D eigenvalue weighted by Gasteiger charge is 2.64. The van der Waals surface area contributed by atoms with Crippen molar-refractivity contribution in [1.82, 2.24) is 24.6 Å². The van der Waals surface area contributed by atoms with E-state index < -0.39 is 17.0 Å². The highest BCUT2D eigenvalue weighted by atomic mass is 35.5. The van der Waals surface area contributed by atoms with Crippen molar-refractivity contribution in [2.24, 2.45) is 0 Å². The standard InChI is InChI=1S/C20H18ClF2N5OS/c21-12-2-3-13(22)16(17(12)23)20-9-11(20)18-14(26-19(30)28(18)10-20)8-15(29)24-5-7-27-6-1-4-25-27/h1-4,6,11H,5,7-10H2,(H,24,29)(H,26,30)/t11?,20-/m0/s1. The molecule has 1 aliphatic carbocycles. The first-order chi connectivity index (χ1) is 14.4. The smallest absolute Gasteiger partial charge is 0.226 e. The molecule has 1 unspecified atom stereocenters. The van der Waals surface area contributed by atoms with E-state index in [9.17, 15) is 13.6 Å². The third-order valence-corrected chi connectivity index (χ3v) is 6.66. The van der Waals surface area contributed by atoms with Gasteiger partial charge in [0.1, 0.15) is 11.6 Å². The van der Waals surface area contributed by atoms with E-state index in [1.807, 2.05) is 16.8 Å². The SMILES string of the molecule is O=C(Cc1[nH]c(=S)n2c1C1C[C@]1(c1c(F)ccc(Cl)c1F)C2)NCCn1cccn1. The molecule has 1 saturated carbocycles. The maximum absolute atomic E-state index is 14.7. The molecule has 30 heavy (non-hydrogen) atoms. The molecule has 2 atom stereocenters. The molecular weight excluding hydrogens is 432 g/mol. The zero-order valence-corrected chi connectivity index (χ0v) is 17.4. The molecule has 0 spiro atoms. The van der Waals surface area contributed by atoms with E-state index in [2.05, 4.69) is 15.4 Å². The van der Waals surface area contributed by atoms with Crippen LogP contribution in [0.3, 0.4) is 0 Å². The van der Waals surface area contributed by atoms with Crippen LogP contribution in [-0.2, 0) is 29.7 Å². The fourth-order valence-corrected chi connectivity index (χ4v) is 5.09. The number of aromatic nitrogens is 4. The number of amides is 1. The van der Waals surface area contributed by atoms with Crippen molar-refractivity contribution in [3.8, 4) is 0 Å². The monoisotopic (exact) mass is 449 g/mol. The molecule has 3 heterocycles. The molecular formula is C20H18ClF2N5OS. The van der Waals surface area contributed by atoms with Gasteiger partial charge in [-0.3, -0.25) is 9.48 Å². The number of benzene rings is 1. The van der Waals surface area contributed by atoms with E-state index in [4.69, 9.17) is 23.8 Å². The number of hydrogen-bond donors (Lipinski definition) is 2. The topological polar surface area (TPSA) is 67.6 Å². The summed E-state index contributed by atoms with van der Waals surface area (Å²) in [4.78, 5) is 15.5. The first-order valence-corrected chi connectivity index (χ1v) is 10.4. The predicted octanol–water partition coefficient (Wildman–Crippen LogP) is 3.47. The molecule has 0 saturated heterocycles. The van der Waals surface area contributed by atoms with Gasteiger partial charge in [-0.2, -0.15) is 5.10 Å². The minimum absolute atomic E-state index is 0.0210. The van der Waals surface area contributed by atoms with Crippen LogP contribution in [0.5, 0.6) is 0 Å². The molecule has 5 rings (SSSR count). The number of nitrogens with zero attached hydrogens (tertiary/aromatic N) is 3. The van der Waals surface area contributed by atoms with E-state index in [0.29, 0.717) is 36.5 Å². The molecule has 1 amide bonds. The van der Waals surface area contributed by atoms with Gasteiger partial charge in [-0.1, -0.05) is 11.6 Å². The Bertz CT molecular complexity index is 1200. The summed E-state index contributed by atoms with van der Waals surface area (Å²) in [6.07, 6.45) is 4.23. The number of hydrogen-bond acceptors (Lipinski definition) is 3. The molecule has 0 bridgehead atoms. The number of carbonyl (C=O) groups is 1. The second-order valence-corrected chi connectivity index (χ2v) is 8.60. The minimum Gasteiger partial charge on any atom is -0.354 e. The Hall–Kier alpha value is -2.52. The van der Waals surface area contributed by atoms with Gasteiger partial charge in [0, 0.05) is 53.8 Å². The average molecular weight is 450 g/mol. The molecule has 6 nitrogen and oxygen atoms in total. The average Bonchev–Trinajstić information content (AvgIpc) is 3.04. The highest BCUT2D eigenvalue weighted by molar-refractivity contribution is 7.71. The van der Waals surface area contributed by atoms with Crippen LogP contribution in [-0.4, -0.2) is 31.8 Å². The number of nitrogens with one attached hydrogen (secondary N) is 2. The minimum atomic E-state index is -0.710. The van der Waals surface area contributed by atoms with Gasteiger partial charge < -0.3 is 14.9 Å². The summed E-state index contributed by atoms with van der Waals surface area (Å²) in [6.45, 7) is 1.39. The van der Waals surface area contributed by atoms with E-state index in [0.717, 1.165) is 5.69 Å². The molecule has 0 radical (unpaired) electrons. The number of carbonyl (C=O) groups excluding carboxylic acids is 1. The Labute approximate surface area is 180 Å². The van der Waals surface area contributed by atoms with Crippen LogP contribution in [0.15, 0.2) is 30.6 Å². The fraction of sp³-hybridized carbons (Fsp3) is 0.350. The molecule has 3 aromatic rings. The van der Waals surface area contributed by atoms with Gasteiger partial charge in [0.2, 0.25) is 5.91 Å².